The first kappa shape index (κ1) is 14.6. The van der Waals surface area contributed by atoms with Crippen molar-refractivity contribution in [1.29, 1.82) is 0 Å². The van der Waals surface area contributed by atoms with Gasteiger partial charge < -0.3 is 14.7 Å². The number of amides is 1. The summed E-state index contributed by atoms with van der Waals surface area (Å²) in [7, 11) is 0. The van der Waals surface area contributed by atoms with Gasteiger partial charge in [0.25, 0.3) is 0 Å². The van der Waals surface area contributed by atoms with Crippen LogP contribution in [-0.4, -0.2) is 34.6 Å². The van der Waals surface area contributed by atoms with Gasteiger partial charge in [0.2, 0.25) is 5.91 Å². The molecule has 0 bridgehead atoms. The maximum Gasteiger partial charge on any atom is 0.224 e. The minimum Gasteiger partial charge on any atom is -0.364 e. The summed E-state index contributed by atoms with van der Waals surface area (Å²) in [5.41, 5.74) is 2.12. The van der Waals surface area contributed by atoms with E-state index in [1.807, 2.05) is 0 Å². The van der Waals surface area contributed by atoms with E-state index in [1.54, 1.807) is 6.26 Å². The van der Waals surface area contributed by atoms with Crippen LogP contribution in [-0.2, 0) is 17.8 Å². The van der Waals surface area contributed by atoms with E-state index < -0.39 is 0 Å². The molecule has 1 atom stereocenters. The second kappa shape index (κ2) is 6.60. The first-order valence-corrected chi connectivity index (χ1v) is 8.23. The van der Waals surface area contributed by atoms with E-state index in [9.17, 15) is 4.79 Å². The van der Waals surface area contributed by atoms with Crippen molar-refractivity contribution in [3.63, 3.8) is 0 Å². The summed E-state index contributed by atoms with van der Waals surface area (Å²) < 4.78 is 5.02. The van der Waals surface area contributed by atoms with Crippen molar-refractivity contribution in [1.82, 2.24) is 15.4 Å². The maximum atomic E-state index is 12.2. The van der Waals surface area contributed by atoms with Crippen LogP contribution in [0.3, 0.4) is 0 Å². The summed E-state index contributed by atoms with van der Waals surface area (Å²) >= 11 is 0. The Morgan fingerprint density at radius 1 is 1.38 bits per heavy atom. The van der Waals surface area contributed by atoms with Gasteiger partial charge >= 0.3 is 0 Å². The fourth-order valence-corrected chi connectivity index (χ4v) is 3.58. The van der Waals surface area contributed by atoms with E-state index in [1.165, 1.54) is 32.1 Å². The zero-order valence-electron chi connectivity index (χ0n) is 12.8. The lowest BCUT2D eigenvalue weighted by molar-refractivity contribution is -0.130. The van der Waals surface area contributed by atoms with E-state index in [-0.39, 0.29) is 6.04 Å². The number of hydrogen-bond donors (Lipinski definition) is 1. The Balaban J connectivity index is 1.52. The molecule has 1 aromatic heterocycles. The lowest BCUT2D eigenvalue weighted by Gasteiger charge is -2.31. The predicted molar refractivity (Wildman–Crippen MR) is 79.7 cm³/mol. The molecule has 1 amide bonds. The summed E-state index contributed by atoms with van der Waals surface area (Å²) in [6, 6.07) is 0.749. The van der Waals surface area contributed by atoms with E-state index >= 15 is 0 Å². The second-order valence-electron chi connectivity index (χ2n) is 6.26. The van der Waals surface area contributed by atoms with Crippen LogP contribution >= 0.6 is 0 Å². The number of likely N-dealkylation sites (tertiary alicyclic amines) is 1. The third kappa shape index (κ3) is 3.28. The highest BCUT2D eigenvalue weighted by atomic mass is 16.5. The van der Waals surface area contributed by atoms with Crippen LogP contribution in [0.1, 0.15) is 56.7 Å². The molecule has 5 nitrogen and oxygen atoms in total. The molecular weight excluding hydrogens is 266 g/mol. The average Bonchev–Trinajstić information content (AvgIpc) is 3.12. The number of carbonyl (C=O) groups is 1. The number of carbonyl (C=O) groups excluding carboxylic acids is 1. The van der Waals surface area contributed by atoms with E-state index in [4.69, 9.17) is 4.52 Å². The van der Waals surface area contributed by atoms with Crippen LogP contribution < -0.4 is 5.32 Å². The minimum absolute atomic E-state index is 0.263. The normalized spacial score (nSPS) is 24.0. The predicted octanol–water partition coefficient (Wildman–Crippen LogP) is 2.26. The molecule has 1 aliphatic carbocycles. The van der Waals surface area contributed by atoms with Gasteiger partial charge in [-0.2, -0.15) is 0 Å². The fourth-order valence-electron chi connectivity index (χ4n) is 3.58. The zero-order chi connectivity index (χ0) is 14.7. The van der Waals surface area contributed by atoms with Crippen LogP contribution in [0, 0.1) is 0 Å². The Bertz CT molecular complexity index is 480. The number of nitrogens with one attached hydrogen (secondary N) is 1. The summed E-state index contributed by atoms with van der Waals surface area (Å²) in [4.78, 5) is 14.3. The van der Waals surface area contributed by atoms with Crippen LogP contribution in [0.5, 0.6) is 0 Å². The largest absolute Gasteiger partial charge is 0.364 e. The highest BCUT2D eigenvalue weighted by Crippen LogP contribution is 2.26. The first-order chi connectivity index (χ1) is 10.3. The van der Waals surface area contributed by atoms with Crippen molar-refractivity contribution in [2.45, 2.75) is 70.5 Å². The van der Waals surface area contributed by atoms with Gasteiger partial charge in [-0.1, -0.05) is 31.3 Å². The number of aromatic nitrogens is 1. The molecule has 0 radical (unpaired) electrons. The molecule has 1 saturated heterocycles. The molecule has 5 heteroatoms. The monoisotopic (exact) mass is 291 g/mol. The standard InChI is InChI=1S/C16H25N3O2/c1-2-15-12(11-21-18-15)9-17-13-8-16(20)19(10-13)14-6-4-3-5-7-14/h11,13-14,17H,2-10H2,1H3. The van der Waals surface area contributed by atoms with Gasteiger partial charge in [0.1, 0.15) is 6.26 Å². The van der Waals surface area contributed by atoms with Gasteiger partial charge in [-0.05, 0) is 19.3 Å². The van der Waals surface area contributed by atoms with Crippen LogP contribution in [0.25, 0.3) is 0 Å². The van der Waals surface area contributed by atoms with Crippen molar-refractivity contribution >= 4 is 5.91 Å². The molecule has 2 heterocycles. The van der Waals surface area contributed by atoms with Gasteiger partial charge in [0, 0.05) is 37.2 Å². The van der Waals surface area contributed by atoms with Crippen molar-refractivity contribution < 1.29 is 9.32 Å². The highest BCUT2D eigenvalue weighted by Gasteiger charge is 2.34. The minimum atomic E-state index is 0.263. The number of hydrogen-bond acceptors (Lipinski definition) is 4. The van der Waals surface area contributed by atoms with Gasteiger partial charge in [-0.15, -0.1) is 0 Å². The Morgan fingerprint density at radius 3 is 2.95 bits per heavy atom. The SMILES string of the molecule is CCc1nocc1CNC1CC(=O)N(C2CCCCC2)C1. The smallest absolute Gasteiger partial charge is 0.224 e. The molecule has 2 fully saturated rings. The quantitative estimate of drug-likeness (QED) is 0.904. The van der Waals surface area contributed by atoms with Gasteiger partial charge in [0.05, 0.1) is 5.69 Å². The maximum absolute atomic E-state index is 12.2. The van der Waals surface area contributed by atoms with Crippen LogP contribution in [0.15, 0.2) is 10.8 Å². The van der Waals surface area contributed by atoms with Crippen molar-refractivity contribution in [3.05, 3.63) is 17.5 Å². The number of rotatable bonds is 5. The molecule has 2 aliphatic rings. The summed E-state index contributed by atoms with van der Waals surface area (Å²) in [6.45, 7) is 3.67. The van der Waals surface area contributed by atoms with E-state index in [0.29, 0.717) is 18.4 Å². The molecule has 3 rings (SSSR count). The zero-order valence-corrected chi connectivity index (χ0v) is 12.8. The van der Waals surface area contributed by atoms with Crippen molar-refractivity contribution in [3.8, 4) is 0 Å². The highest BCUT2D eigenvalue weighted by molar-refractivity contribution is 5.79. The van der Waals surface area contributed by atoms with Crippen molar-refractivity contribution in [2.24, 2.45) is 0 Å². The summed E-state index contributed by atoms with van der Waals surface area (Å²) in [5, 5.41) is 7.49. The van der Waals surface area contributed by atoms with Gasteiger partial charge in [0.15, 0.2) is 0 Å². The molecule has 0 aromatic carbocycles. The Labute approximate surface area is 126 Å². The summed E-state index contributed by atoms with van der Waals surface area (Å²) in [5.74, 6) is 0.320. The molecular formula is C16H25N3O2. The average molecular weight is 291 g/mol. The molecule has 1 unspecified atom stereocenters. The first-order valence-electron chi connectivity index (χ1n) is 8.23. The molecule has 21 heavy (non-hydrogen) atoms. The Kier molecular flexibility index (Phi) is 4.58. The van der Waals surface area contributed by atoms with E-state index in [2.05, 4.69) is 22.3 Å². The third-order valence-corrected chi connectivity index (χ3v) is 4.82. The van der Waals surface area contributed by atoms with Crippen molar-refractivity contribution in [2.75, 3.05) is 6.54 Å². The second-order valence-corrected chi connectivity index (χ2v) is 6.26. The lowest BCUT2D eigenvalue weighted by Crippen LogP contribution is -2.40. The topological polar surface area (TPSA) is 58.4 Å². The Hall–Kier alpha value is -1.36. The summed E-state index contributed by atoms with van der Waals surface area (Å²) in [6.07, 6.45) is 9.46. The van der Waals surface area contributed by atoms with E-state index in [0.717, 1.165) is 30.8 Å². The molecule has 0 spiro atoms. The van der Waals surface area contributed by atoms with Crippen LogP contribution in [0.2, 0.25) is 0 Å². The molecule has 1 aromatic rings. The molecule has 116 valence electrons. The van der Waals surface area contributed by atoms with Crippen LogP contribution in [0.4, 0.5) is 0 Å². The van der Waals surface area contributed by atoms with Gasteiger partial charge in [-0.25, -0.2) is 0 Å². The number of aryl methyl sites for hydroxylation is 1. The Morgan fingerprint density at radius 2 is 2.19 bits per heavy atom. The van der Waals surface area contributed by atoms with Gasteiger partial charge in [-0.3, -0.25) is 4.79 Å². The molecule has 1 N–H and O–H groups in total. The fraction of sp³-hybridized carbons (Fsp3) is 0.750. The molecule has 1 aliphatic heterocycles. The number of nitrogens with zero attached hydrogens (tertiary/aromatic N) is 2. The third-order valence-electron chi connectivity index (χ3n) is 4.82. The lowest BCUT2D eigenvalue weighted by atomic mass is 9.94. The molecule has 1 saturated carbocycles.